The van der Waals surface area contributed by atoms with Gasteiger partial charge in [-0.25, -0.2) is 13.8 Å². The molecule has 4 rings (SSSR count). The van der Waals surface area contributed by atoms with Crippen molar-refractivity contribution in [2.24, 2.45) is 5.10 Å². The summed E-state index contributed by atoms with van der Waals surface area (Å²) in [4.78, 5) is 24.9. The maximum absolute atomic E-state index is 13.4. The van der Waals surface area contributed by atoms with Gasteiger partial charge in [-0.15, -0.1) is 0 Å². The highest BCUT2D eigenvalue weighted by molar-refractivity contribution is 7.92. The molecule has 10 heteroatoms. The lowest BCUT2D eigenvalue weighted by atomic mass is 10.1. The molecular weight excluding hydrogens is 552 g/mol. The van der Waals surface area contributed by atoms with Crippen LogP contribution in [0.2, 0.25) is 0 Å². The van der Waals surface area contributed by atoms with Crippen molar-refractivity contribution in [1.29, 1.82) is 0 Å². The minimum atomic E-state index is -4.01. The number of rotatable bonds is 13. The van der Waals surface area contributed by atoms with Crippen LogP contribution in [0.4, 0.5) is 5.69 Å². The number of carbonyl (C=O) groups excluding carboxylic acids is 2. The molecule has 0 radical (unpaired) electrons. The van der Waals surface area contributed by atoms with Crippen LogP contribution in [0.15, 0.2) is 119 Å². The molecule has 9 nitrogen and oxygen atoms in total. The van der Waals surface area contributed by atoms with Crippen LogP contribution in [0.25, 0.3) is 0 Å². The molecule has 0 fully saturated rings. The van der Waals surface area contributed by atoms with E-state index in [1.807, 2.05) is 30.3 Å². The van der Waals surface area contributed by atoms with E-state index in [4.69, 9.17) is 4.74 Å². The third kappa shape index (κ3) is 8.52. The number of carbonyl (C=O) groups is 2. The smallest absolute Gasteiger partial charge is 0.264 e. The first-order valence-corrected chi connectivity index (χ1v) is 14.8. The molecule has 0 spiro atoms. The van der Waals surface area contributed by atoms with E-state index in [2.05, 4.69) is 15.8 Å². The third-order valence-corrected chi connectivity index (χ3v) is 8.01. The van der Waals surface area contributed by atoms with Crippen LogP contribution in [0.3, 0.4) is 0 Å². The Bertz CT molecular complexity index is 1610. The van der Waals surface area contributed by atoms with E-state index in [0.717, 1.165) is 16.3 Å². The maximum atomic E-state index is 13.4. The van der Waals surface area contributed by atoms with Gasteiger partial charge in [0.05, 0.1) is 16.8 Å². The lowest BCUT2D eigenvalue weighted by Crippen LogP contribution is -2.40. The summed E-state index contributed by atoms with van der Waals surface area (Å²) in [6.45, 7) is 1.74. The second-order valence-corrected chi connectivity index (χ2v) is 11.2. The predicted octanol–water partition coefficient (Wildman–Crippen LogP) is 4.08. The van der Waals surface area contributed by atoms with Crippen molar-refractivity contribution in [2.45, 2.75) is 18.2 Å². The molecule has 0 aromatic heterocycles. The van der Waals surface area contributed by atoms with E-state index in [9.17, 15) is 18.0 Å². The van der Waals surface area contributed by atoms with Crippen molar-refractivity contribution in [3.63, 3.8) is 0 Å². The normalized spacial score (nSPS) is 11.2. The van der Waals surface area contributed by atoms with Gasteiger partial charge in [0, 0.05) is 6.54 Å². The van der Waals surface area contributed by atoms with Crippen molar-refractivity contribution in [3.8, 4) is 5.75 Å². The Balaban J connectivity index is 1.29. The zero-order chi connectivity index (χ0) is 29.8. The van der Waals surface area contributed by atoms with Gasteiger partial charge in [-0.2, -0.15) is 5.10 Å². The number of hydrogen-bond donors (Lipinski definition) is 2. The summed E-state index contributed by atoms with van der Waals surface area (Å²) >= 11 is 0. The van der Waals surface area contributed by atoms with Gasteiger partial charge in [0.15, 0.2) is 6.61 Å². The number of hydrazone groups is 1. The molecule has 2 N–H and O–H groups in total. The van der Waals surface area contributed by atoms with Gasteiger partial charge in [0.1, 0.15) is 12.3 Å². The number of sulfonamides is 1. The zero-order valence-electron chi connectivity index (χ0n) is 23.1. The fourth-order valence-corrected chi connectivity index (χ4v) is 5.55. The summed E-state index contributed by atoms with van der Waals surface area (Å²) in [6, 6.07) is 31.6. The summed E-state index contributed by atoms with van der Waals surface area (Å²) in [5, 5.41) is 6.81. The Kier molecular flexibility index (Phi) is 10.4. The molecule has 0 saturated heterocycles. The lowest BCUT2D eigenvalue weighted by Gasteiger charge is -2.25. The number of nitrogens with one attached hydrogen (secondary N) is 2. The van der Waals surface area contributed by atoms with Crippen molar-refractivity contribution < 1.29 is 22.7 Å². The number of benzene rings is 4. The molecule has 0 aliphatic carbocycles. The highest BCUT2D eigenvalue weighted by Gasteiger charge is 2.28. The number of anilines is 1. The van der Waals surface area contributed by atoms with Crippen LogP contribution in [-0.2, 0) is 26.0 Å². The van der Waals surface area contributed by atoms with Crippen LogP contribution in [0, 0.1) is 6.92 Å². The molecule has 4 aromatic carbocycles. The molecule has 42 heavy (non-hydrogen) atoms. The second-order valence-electron chi connectivity index (χ2n) is 9.35. The summed E-state index contributed by atoms with van der Waals surface area (Å²) in [7, 11) is -4.01. The van der Waals surface area contributed by atoms with Crippen molar-refractivity contribution in [2.75, 3.05) is 24.0 Å². The molecule has 0 saturated carbocycles. The fraction of sp³-hybridized carbons (Fsp3) is 0.156. The summed E-state index contributed by atoms with van der Waals surface area (Å²) in [5.41, 5.74) is 5.33. The molecule has 0 unspecified atom stereocenters. The first-order chi connectivity index (χ1) is 20.3. The summed E-state index contributed by atoms with van der Waals surface area (Å²) in [5.74, 6) is -0.310. The van der Waals surface area contributed by atoms with E-state index < -0.39 is 22.5 Å². The first kappa shape index (κ1) is 30.0. The number of ether oxygens (including phenoxy) is 1. The molecule has 0 bridgehead atoms. The van der Waals surface area contributed by atoms with Crippen LogP contribution in [-0.4, -0.2) is 46.1 Å². The SMILES string of the molecule is Cc1ccccc1N(CC(=O)N/N=C\c1ccc(OCC(=O)NCCc2ccccc2)cc1)S(=O)(=O)c1ccccc1. The molecule has 2 amide bonds. The number of nitrogens with zero attached hydrogens (tertiary/aromatic N) is 2. The average Bonchev–Trinajstić information content (AvgIpc) is 3.01. The van der Waals surface area contributed by atoms with Gasteiger partial charge >= 0.3 is 0 Å². The highest BCUT2D eigenvalue weighted by Crippen LogP contribution is 2.26. The Labute approximate surface area is 245 Å². The molecule has 0 heterocycles. The minimum Gasteiger partial charge on any atom is -0.484 e. The predicted molar refractivity (Wildman–Crippen MR) is 163 cm³/mol. The fourth-order valence-electron chi connectivity index (χ4n) is 4.05. The van der Waals surface area contributed by atoms with Gasteiger partial charge in [0.25, 0.3) is 21.8 Å². The molecule has 0 atom stereocenters. The second kappa shape index (κ2) is 14.6. The van der Waals surface area contributed by atoms with Crippen LogP contribution in [0.1, 0.15) is 16.7 Å². The Morgan fingerprint density at radius 3 is 2.17 bits per heavy atom. The van der Waals surface area contributed by atoms with Crippen LogP contribution in [0.5, 0.6) is 5.75 Å². The number of aryl methyl sites for hydroxylation is 1. The van der Waals surface area contributed by atoms with E-state index >= 15 is 0 Å². The Morgan fingerprint density at radius 2 is 1.48 bits per heavy atom. The summed E-state index contributed by atoms with van der Waals surface area (Å²) < 4.78 is 33.5. The monoisotopic (exact) mass is 584 g/mol. The molecule has 0 aliphatic heterocycles. The Hall–Kier alpha value is -4.96. The van der Waals surface area contributed by atoms with Gasteiger partial charge in [-0.3, -0.25) is 13.9 Å². The third-order valence-electron chi connectivity index (χ3n) is 6.23. The minimum absolute atomic E-state index is 0.0801. The van der Waals surface area contributed by atoms with Crippen molar-refractivity contribution in [1.82, 2.24) is 10.7 Å². The summed E-state index contributed by atoms with van der Waals surface area (Å²) in [6.07, 6.45) is 2.17. The number of para-hydroxylation sites is 1. The Morgan fingerprint density at radius 1 is 0.833 bits per heavy atom. The van der Waals surface area contributed by atoms with Gasteiger partial charge in [-0.1, -0.05) is 66.7 Å². The van der Waals surface area contributed by atoms with Crippen molar-refractivity contribution >= 4 is 33.7 Å². The average molecular weight is 585 g/mol. The van der Waals surface area contributed by atoms with E-state index in [1.165, 1.54) is 18.3 Å². The molecule has 216 valence electrons. The first-order valence-electron chi connectivity index (χ1n) is 13.3. The molecule has 0 aliphatic rings. The molecular formula is C32H32N4O5S. The maximum Gasteiger partial charge on any atom is 0.264 e. The zero-order valence-corrected chi connectivity index (χ0v) is 24.0. The topological polar surface area (TPSA) is 117 Å². The van der Waals surface area contributed by atoms with Gasteiger partial charge < -0.3 is 10.1 Å². The van der Waals surface area contributed by atoms with Gasteiger partial charge in [0.2, 0.25) is 0 Å². The van der Waals surface area contributed by atoms with Gasteiger partial charge in [-0.05, 0) is 72.5 Å². The lowest BCUT2D eigenvalue weighted by molar-refractivity contribution is -0.123. The highest BCUT2D eigenvalue weighted by atomic mass is 32.2. The number of hydrogen-bond acceptors (Lipinski definition) is 6. The largest absolute Gasteiger partial charge is 0.484 e. The number of amides is 2. The van der Waals surface area contributed by atoms with E-state index in [1.54, 1.807) is 73.7 Å². The van der Waals surface area contributed by atoms with E-state index in [-0.39, 0.29) is 17.4 Å². The quantitative estimate of drug-likeness (QED) is 0.181. The van der Waals surface area contributed by atoms with Crippen LogP contribution >= 0.6 is 0 Å². The van der Waals surface area contributed by atoms with Crippen molar-refractivity contribution in [3.05, 3.63) is 126 Å². The van der Waals surface area contributed by atoms with Crippen LogP contribution < -0.4 is 19.8 Å². The molecule has 4 aromatic rings. The van der Waals surface area contributed by atoms with E-state index in [0.29, 0.717) is 29.1 Å². The standard InChI is InChI=1S/C32H32N4O5S/c1-25-10-8-9-15-30(25)36(42(39,40)29-13-6-3-7-14-29)23-31(37)35-34-22-27-16-18-28(19-17-27)41-24-32(38)33-21-20-26-11-4-2-5-12-26/h2-19,22H,20-21,23-24H2,1H3,(H,33,38)(H,35,37)/b34-22-.